The molecule has 2 aromatic rings. The minimum absolute atomic E-state index is 0.244. The minimum Gasteiger partial charge on any atom is -0.478 e. The molecular formula is C15H17N3O2. The fraction of sp³-hybridized carbons (Fsp3) is 0.267. The summed E-state index contributed by atoms with van der Waals surface area (Å²) in [6, 6.07) is 7.47. The van der Waals surface area contributed by atoms with Gasteiger partial charge in [0.2, 0.25) is 0 Å². The van der Waals surface area contributed by atoms with Crippen LogP contribution >= 0.6 is 0 Å². The average Bonchev–Trinajstić information content (AvgIpc) is 2.38. The molecule has 1 N–H and O–H groups in total. The van der Waals surface area contributed by atoms with Gasteiger partial charge >= 0.3 is 5.97 Å². The Hall–Kier alpha value is -2.43. The first-order valence-corrected chi connectivity index (χ1v) is 6.31. The number of carbonyl (C=O) groups is 1. The Kier molecular flexibility index (Phi) is 3.98. The lowest BCUT2D eigenvalue weighted by atomic mass is 10.1. The van der Waals surface area contributed by atoms with Crippen molar-refractivity contribution >= 4 is 11.7 Å². The third-order valence-electron chi connectivity index (χ3n) is 3.06. The van der Waals surface area contributed by atoms with Crippen LogP contribution in [0.15, 0.2) is 30.5 Å². The van der Waals surface area contributed by atoms with E-state index in [0.717, 1.165) is 11.4 Å². The summed E-state index contributed by atoms with van der Waals surface area (Å²) in [6.07, 6.45) is 1.73. The Morgan fingerprint density at radius 3 is 2.70 bits per heavy atom. The van der Waals surface area contributed by atoms with Crippen molar-refractivity contribution in [1.82, 2.24) is 9.97 Å². The fourth-order valence-electron chi connectivity index (χ4n) is 2.19. The normalized spacial score (nSPS) is 10.3. The minimum atomic E-state index is -0.960. The van der Waals surface area contributed by atoms with Crippen LogP contribution in [0.25, 0.3) is 0 Å². The summed E-state index contributed by atoms with van der Waals surface area (Å²) in [6.45, 7) is 4.12. The number of nitrogens with zero attached hydrogens (tertiary/aromatic N) is 3. The second kappa shape index (κ2) is 5.69. The van der Waals surface area contributed by atoms with Gasteiger partial charge < -0.3 is 10.0 Å². The van der Waals surface area contributed by atoms with Crippen LogP contribution in [0.2, 0.25) is 0 Å². The smallest absolute Gasteiger partial charge is 0.339 e. The Balaban J connectivity index is 2.38. The van der Waals surface area contributed by atoms with Crippen LogP contribution < -0.4 is 4.90 Å². The van der Waals surface area contributed by atoms with Crippen molar-refractivity contribution in [3.63, 3.8) is 0 Å². The lowest BCUT2D eigenvalue weighted by Crippen LogP contribution is -2.21. The Morgan fingerprint density at radius 2 is 2.10 bits per heavy atom. The summed E-state index contributed by atoms with van der Waals surface area (Å²) in [5.41, 5.74) is 3.12. The lowest BCUT2D eigenvalue weighted by Gasteiger charge is -2.22. The molecule has 2 aromatic heterocycles. The van der Waals surface area contributed by atoms with Crippen molar-refractivity contribution in [2.45, 2.75) is 20.4 Å². The van der Waals surface area contributed by atoms with E-state index in [4.69, 9.17) is 0 Å². The molecule has 0 saturated heterocycles. The van der Waals surface area contributed by atoms with Crippen LogP contribution in [-0.2, 0) is 6.54 Å². The van der Waals surface area contributed by atoms with Crippen LogP contribution in [0, 0.1) is 13.8 Å². The zero-order chi connectivity index (χ0) is 14.7. The van der Waals surface area contributed by atoms with Gasteiger partial charge in [0, 0.05) is 18.9 Å². The molecule has 2 rings (SSSR count). The second-order valence-corrected chi connectivity index (χ2v) is 4.73. The van der Waals surface area contributed by atoms with Gasteiger partial charge in [-0.25, -0.2) is 4.79 Å². The first-order chi connectivity index (χ1) is 9.49. The molecule has 0 bridgehead atoms. The van der Waals surface area contributed by atoms with Gasteiger partial charge in [0.1, 0.15) is 5.56 Å². The fourth-order valence-corrected chi connectivity index (χ4v) is 2.19. The van der Waals surface area contributed by atoms with E-state index in [1.807, 2.05) is 37.1 Å². The quantitative estimate of drug-likeness (QED) is 0.925. The summed E-state index contributed by atoms with van der Waals surface area (Å²) in [5.74, 6) is -0.960. The monoisotopic (exact) mass is 271 g/mol. The molecular weight excluding hydrogens is 254 g/mol. The number of hydrogen-bond donors (Lipinski definition) is 1. The molecule has 5 heteroatoms. The molecule has 0 radical (unpaired) electrons. The number of carboxylic acids is 1. The Morgan fingerprint density at radius 1 is 1.35 bits per heavy atom. The van der Waals surface area contributed by atoms with E-state index >= 15 is 0 Å². The molecule has 2 heterocycles. The molecule has 0 unspecified atom stereocenters. The van der Waals surface area contributed by atoms with Gasteiger partial charge in [-0.3, -0.25) is 9.97 Å². The highest BCUT2D eigenvalue weighted by Crippen LogP contribution is 2.24. The third-order valence-corrected chi connectivity index (χ3v) is 3.06. The van der Waals surface area contributed by atoms with E-state index in [-0.39, 0.29) is 5.56 Å². The summed E-state index contributed by atoms with van der Waals surface area (Å²) in [4.78, 5) is 21.8. The standard InChI is InChI=1S/C15H17N3O2/c1-10-8-13(14(15(19)20)11(2)17-10)18(3)9-12-6-4-5-7-16-12/h4-8H,9H2,1-3H3,(H,19,20). The van der Waals surface area contributed by atoms with E-state index in [9.17, 15) is 9.90 Å². The molecule has 0 spiro atoms. The topological polar surface area (TPSA) is 66.3 Å². The first-order valence-electron chi connectivity index (χ1n) is 6.31. The third kappa shape index (κ3) is 2.93. The molecule has 0 atom stereocenters. The van der Waals surface area contributed by atoms with Crippen LogP contribution in [0.4, 0.5) is 5.69 Å². The van der Waals surface area contributed by atoms with Gasteiger partial charge in [0.05, 0.1) is 23.6 Å². The summed E-state index contributed by atoms with van der Waals surface area (Å²) >= 11 is 0. The van der Waals surface area contributed by atoms with Crippen molar-refractivity contribution in [2.24, 2.45) is 0 Å². The number of pyridine rings is 2. The van der Waals surface area contributed by atoms with Crippen LogP contribution in [0.1, 0.15) is 27.4 Å². The van der Waals surface area contributed by atoms with Gasteiger partial charge in [0.25, 0.3) is 0 Å². The SMILES string of the molecule is Cc1cc(N(C)Cc2ccccn2)c(C(=O)O)c(C)n1. The van der Waals surface area contributed by atoms with Crippen molar-refractivity contribution in [2.75, 3.05) is 11.9 Å². The van der Waals surface area contributed by atoms with Crippen LogP contribution in [-0.4, -0.2) is 28.1 Å². The first kappa shape index (κ1) is 14.0. The zero-order valence-corrected chi connectivity index (χ0v) is 11.8. The number of aryl methyl sites for hydroxylation is 2. The predicted octanol–water partition coefficient (Wildman–Crippen LogP) is 2.43. The Labute approximate surface area is 117 Å². The van der Waals surface area contributed by atoms with E-state index in [0.29, 0.717) is 17.9 Å². The largest absolute Gasteiger partial charge is 0.478 e. The number of aromatic nitrogens is 2. The molecule has 0 aromatic carbocycles. The highest BCUT2D eigenvalue weighted by atomic mass is 16.4. The average molecular weight is 271 g/mol. The summed E-state index contributed by atoms with van der Waals surface area (Å²) < 4.78 is 0. The molecule has 0 aliphatic rings. The second-order valence-electron chi connectivity index (χ2n) is 4.73. The zero-order valence-electron chi connectivity index (χ0n) is 11.8. The molecule has 0 saturated carbocycles. The van der Waals surface area contributed by atoms with Crippen molar-refractivity contribution in [1.29, 1.82) is 0 Å². The molecule has 104 valence electrons. The summed E-state index contributed by atoms with van der Waals surface area (Å²) in [5, 5.41) is 9.37. The lowest BCUT2D eigenvalue weighted by molar-refractivity contribution is 0.0696. The number of anilines is 1. The van der Waals surface area contributed by atoms with E-state index in [1.54, 1.807) is 19.2 Å². The molecule has 0 fully saturated rings. The number of aromatic carboxylic acids is 1. The number of carboxylic acid groups (broad SMARTS) is 1. The van der Waals surface area contributed by atoms with Crippen LogP contribution in [0.3, 0.4) is 0 Å². The number of hydrogen-bond acceptors (Lipinski definition) is 4. The molecule has 20 heavy (non-hydrogen) atoms. The maximum Gasteiger partial charge on any atom is 0.339 e. The van der Waals surface area contributed by atoms with Gasteiger partial charge in [-0.2, -0.15) is 0 Å². The highest BCUT2D eigenvalue weighted by molar-refractivity contribution is 5.95. The predicted molar refractivity (Wildman–Crippen MR) is 77.0 cm³/mol. The van der Waals surface area contributed by atoms with Gasteiger partial charge in [-0.15, -0.1) is 0 Å². The molecule has 0 aliphatic heterocycles. The van der Waals surface area contributed by atoms with E-state index in [2.05, 4.69) is 9.97 Å². The molecule has 0 amide bonds. The van der Waals surface area contributed by atoms with E-state index in [1.165, 1.54) is 0 Å². The maximum atomic E-state index is 11.4. The van der Waals surface area contributed by atoms with Crippen molar-refractivity contribution in [3.8, 4) is 0 Å². The summed E-state index contributed by atoms with van der Waals surface area (Å²) in [7, 11) is 1.86. The van der Waals surface area contributed by atoms with Crippen molar-refractivity contribution in [3.05, 3.63) is 53.1 Å². The Bertz CT molecular complexity index is 627. The van der Waals surface area contributed by atoms with Gasteiger partial charge in [-0.1, -0.05) is 6.07 Å². The molecule has 5 nitrogen and oxygen atoms in total. The number of rotatable bonds is 4. The maximum absolute atomic E-state index is 11.4. The van der Waals surface area contributed by atoms with Crippen LogP contribution in [0.5, 0.6) is 0 Å². The van der Waals surface area contributed by atoms with E-state index < -0.39 is 5.97 Å². The molecule has 0 aliphatic carbocycles. The highest BCUT2D eigenvalue weighted by Gasteiger charge is 2.18. The van der Waals surface area contributed by atoms with Crippen molar-refractivity contribution < 1.29 is 9.90 Å². The van der Waals surface area contributed by atoms with Gasteiger partial charge in [-0.05, 0) is 32.0 Å². The van der Waals surface area contributed by atoms with Gasteiger partial charge in [0.15, 0.2) is 0 Å².